The van der Waals surface area contributed by atoms with Gasteiger partial charge in [-0.1, -0.05) is 45.9 Å². The standard InChI is InChI=1S/C24H37NO5/c1-5-15(3)23(28)30-21-11-14(2)10-17-7-6-16(4)20(24(17,21)25)9-8-19-12-18(26)13-22(27)29-19/h6-7,10,14-16,18-21,26H,5,8-9,11-13,25H2,1-4H3. The summed E-state index contributed by atoms with van der Waals surface area (Å²) >= 11 is 0. The van der Waals surface area contributed by atoms with Crippen molar-refractivity contribution in [2.75, 3.05) is 0 Å². The van der Waals surface area contributed by atoms with Crippen molar-refractivity contribution in [2.45, 2.75) is 90.1 Å². The van der Waals surface area contributed by atoms with E-state index in [2.05, 4.69) is 32.1 Å². The molecule has 3 rings (SSSR count). The molecule has 30 heavy (non-hydrogen) atoms. The van der Waals surface area contributed by atoms with Crippen molar-refractivity contribution in [3.05, 3.63) is 23.8 Å². The maximum absolute atomic E-state index is 12.6. The Balaban J connectivity index is 1.82. The number of carbonyl (C=O) groups excluding carboxylic acids is 2. The number of aliphatic hydroxyl groups is 1. The summed E-state index contributed by atoms with van der Waals surface area (Å²) in [7, 11) is 0. The first-order chi connectivity index (χ1) is 14.1. The minimum absolute atomic E-state index is 0.0498. The van der Waals surface area contributed by atoms with Crippen LogP contribution >= 0.6 is 0 Å². The fourth-order valence-corrected chi connectivity index (χ4v) is 5.19. The second-order valence-electron chi connectivity index (χ2n) is 9.61. The van der Waals surface area contributed by atoms with Gasteiger partial charge in [-0.25, -0.2) is 0 Å². The Bertz CT molecular complexity index is 716. The lowest BCUT2D eigenvalue weighted by atomic mass is 9.60. The van der Waals surface area contributed by atoms with Gasteiger partial charge in [-0.3, -0.25) is 9.59 Å². The topological polar surface area (TPSA) is 98.8 Å². The average molecular weight is 420 g/mol. The molecule has 0 amide bonds. The second-order valence-corrected chi connectivity index (χ2v) is 9.61. The molecule has 3 N–H and O–H groups in total. The Hall–Kier alpha value is -1.66. The van der Waals surface area contributed by atoms with E-state index in [9.17, 15) is 14.7 Å². The van der Waals surface area contributed by atoms with Crippen molar-refractivity contribution in [3.8, 4) is 0 Å². The third-order valence-corrected chi connectivity index (χ3v) is 7.22. The van der Waals surface area contributed by atoms with Crippen LogP contribution in [0, 0.1) is 23.7 Å². The van der Waals surface area contributed by atoms with Gasteiger partial charge < -0.3 is 20.3 Å². The maximum atomic E-state index is 12.6. The lowest BCUT2D eigenvalue weighted by Gasteiger charge is -2.51. The summed E-state index contributed by atoms with van der Waals surface area (Å²) < 4.78 is 11.5. The molecule has 1 saturated heterocycles. The number of ether oxygens (including phenoxy) is 2. The van der Waals surface area contributed by atoms with Crippen LogP contribution in [-0.4, -0.2) is 40.9 Å². The van der Waals surface area contributed by atoms with Gasteiger partial charge >= 0.3 is 11.9 Å². The number of carbonyl (C=O) groups is 2. The Morgan fingerprint density at radius 3 is 2.77 bits per heavy atom. The fourth-order valence-electron chi connectivity index (χ4n) is 5.19. The van der Waals surface area contributed by atoms with Crippen LogP contribution in [0.25, 0.3) is 0 Å². The number of fused-ring (bicyclic) bond motifs is 1. The van der Waals surface area contributed by atoms with Crippen LogP contribution in [0.5, 0.6) is 0 Å². The normalized spacial score (nSPS) is 39.5. The molecule has 8 unspecified atom stereocenters. The Morgan fingerprint density at radius 1 is 1.37 bits per heavy atom. The smallest absolute Gasteiger partial charge is 0.308 e. The van der Waals surface area contributed by atoms with Crippen LogP contribution in [0.4, 0.5) is 0 Å². The summed E-state index contributed by atoms with van der Waals surface area (Å²) in [6, 6.07) is 0. The number of aliphatic hydroxyl groups excluding tert-OH is 1. The number of cyclic esters (lactones) is 1. The van der Waals surface area contributed by atoms with Crippen LogP contribution in [0.15, 0.2) is 23.8 Å². The average Bonchev–Trinajstić information content (AvgIpc) is 2.67. The molecule has 1 heterocycles. The van der Waals surface area contributed by atoms with Crippen LogP contribution in [0.3, 0.4) is 0 Å². The van der Waals surface area contributed by atoms with Gasteiger partial charge in [0.1, 0.15) is 12.2 Å². The lowest BCUT2D eigenvalue weighted by molar-refractivity contribution is -0.163. The monoisotopic (exact) mass is 419 g/mol. The largest absolute Gasteiger partial charge is 0.462 e. The molecule has 2 aliphatic carbocycles. The van der Waals surface area contributed by atoms with Crippen molar-refractivity contribution in [3.63, 3.8) is 0 Å². The predicted molar refractivity (Wildman–Crippen MR) is 114 cm³/mol. The van der Waals surface area contributed by atoms with Gasteiger partial charge in [0.25, 0.3) is 0 Å². The zero-order valence-corrected chi connectivity index (χ0v) is 18.7. The minimum atomic E-state index is -0.763. The third kappa shape index (κ3) is 4.65. The molecular formula is C24H37NO5. The van der Waals surface area contributed by atoms with Gasteiger partial charge in [-0.2, -0.15) is 0 Å². The van der Waals surface area contributed by atoms with E-state index in [1.807, 2.05) is 13.8 Å². The number of hydrogen-bond donors (Lipinski definition) is 2. The zero-order valence-electron chi connectivity index (χ0n) is 18.7. The van der Waals surface area contributed by atoms with Crippen molar-refractivity contribution in [2.24, 2.45) is 29.4 Å². The summed E-state index contributed by atoms with van der Waals surface area (Å²) in [5.74, 6) is -0.157. The van der Waals surface area contributed by atoms with Gasteiger partial charge in [-0.15, -0.1) is 0 Å². The van der Waals surface area contributed by atoms with Crippen molar-refractivity contribution >= 4 is 11.9 Å². The van der Waals surface area contributed by atoms with Crippen molar-refractivity contribution in [1.29, 1.82) is 0 Å². The first kappa shape index (κ1) is 23.0. The Morgan fingerprint density at radius 2 is 2.10 bits per heavy atom. The zero-order chi connectivity index (χ0) is 22.1. The van der Waals surface area contributed by atoms with Gasteiger partial charge in [-0.05, 0) is 49.0 Å². The quantitative estimate of drug-likeness (QED) is 0.641. The van der Waals surface area contributed by atoms with Crippen LogP contribution < -0.4 is 5.73 Å². The van der Waals surface area contributed by atoms with Crippen LogP contribution in [0.2, 0.25) is 0 Å². The molecule has 6 nitrogen and oxygen atoms in total. The SMILES string of the molecule is CCC(C)C(=O)OC1CC(C)C=C2C=CC(C)C(CCC3CC(O)CC(=O)O3)C21N. The van der Waals surface area contributed by atoms with E-state index in [0.29, 0.717) is 19.3 Å². The molecule has 8 atom stereocenters. The molecule has 0 aromatic heterocycles. The summed E-state index contributed by atoms with van der Waals surface area (Å²) in [4.78, 5) is 24.3. The van der Waals surface area contributed by atoms with Crippen molar-refractivity contribution < 1.29 is 24.2 Å². The molecule has 1 aliphatic heterocycles. The molecule has 0 spiro atoms. The summed E-state index contributed by atoms with van der Waals surface area (Å²) in [6.07, 6.45) is 8.49. The molecular weight excluding hydrogens is 382 g/mol. The number of rotatable bonds is 6. The van der Waals surface area contributed by atoms with Gasteiger partial charge in [0, 0.05) is 6.42 Å². The maximum Gasteiger partial charge on any atom is 0.308 e. The first-order valence-electron chi connectivity index (χ1n) is 11.4. The van der Waals surface area contributed by atoms with Crippen molar-refractivity contribution in [1.82, 2.24) is 0 Å². The molecule has 3 aliphatic rings. The molecule has 0 aromatic rings. The van der Waals surface area contributed by atoms with E-state index in [4.69, 9.17) is 15.2 Å². The molecule has 0 aromatic carbocycles. The van der Waals surface area contributed by atoms with Gasteiger partial charge in [0.05, 0.1) is 24.0 Å². The minimum Gasteiger partial charge on any atom is -0.462 e. The fraction of sp³-hybridized carbons (Fsp3) is 0.750. The van der Waals surface area contributed by atoms with Crippen LogP contribution in [-0.2, 0) is 19.1 Å². The van der Waals surface area contributed by atoms with E-state index in [0.717, 1.165) is 18.4 Å². The highest BCUT2D eigenvalue weighted by atomic mass is 16.6. The van der Waals surface area contributed by atoms with E-state index in [1.165, 1.54) is 0 Å². The highest BCUT2D eigenvalue weighted by Gasteiger charge is 2.52. The molecule has 168 valence electrons. The summed E-state index contributed by atoms with van der Waals surface area (Å²) in [5, 5.41) is 9.92. The molecule has 0 saturated carbocycles. The second kappa shape index (κ2) is 9.23. The number of allylic oxidation sites excluding steroid dienone is 2. The number of esters is 2. The molecule has 0 bridgehead atoms. The third-order valence-electron chi connectivity index (χ3n) is 7.22. The Kier molecular flexibility index (Phi) is 7.08. The summed E-state index contributed by atoms with van der Waals surface area (Å²) in [5.41, 5.74) is 7.38. The first-order valence-corrected chi connectivity index (χ1v) is 11.4. The predicted octanol–water partition coefficient (Wildman–Crippen LogP) is 3.28. The van der Waals surface area contributed by atoms with E-state index in [-0.39, 0.29) is 54.2 Å². The molecule has 1 fully saturated rings. The lowest BCUT2D eigenvalue weighted by Crippen LogP contribution is -2.63. The van der Waals surface area contributed by atoms with E-state index >= 15 is 0 Å². The number of nitrogens with two attached hydrogens (primary N) is 1. The van der Waals surface area contributed by atoms with Gasteiger partial charge in [0.15, 0.2) is 0 Å². The molecule has 0 radical (unpaired) electrons. The highest BCUT2D eigenvalue weighted by Crippen LogP contribution is 2.47. The van der Waals surface area contributed by atoms with Gasteiger partial charge in [0.2, 0.25) is 0 Å². The Labute approximate surface area is 179 Å². The molecule has 6 heteroatoms. The van der Waals surface area contributed by atoms with E-state index < -0.39 is 11.6 Å². The van der Waals surface area contributed by atoms with Crippen LogP contribution in [0.1, 0.15) is 66.2 Å². The van der Waals surface area contributed by atoms with E-state index in [1.54, 1.807) is 0 Å². The highest BCUT2D eigenvalue weighted by molar-refractivity contribution is 5.72. The summed E-state index contributed by atoms with van der Waals surface area (Å²) in [6.45, 7) is 8.13. The number of hydrogen-bond acceptors (Lipinski definition) is 6.